The number of nitrogens with zero attached hydrogens (tertiary/aromatic N) is 3. The lowest BCUT2D eigenvalue weighted by molar-refractivity contribution is 0.143. The van der Waals surface area contributed by atoms with Gasteiger partial charge in [-0.25, -0.2) is 0 Å². The maximum atomic E-state index is 5.73. The number of aromatic nitrogens is 2. The van der Waals surface area contributed by atoms with E-state index in [0.29, 0.717) is 6.04 Å². The molecule has 0 amide bonds. The Morgan fingerprint density at radius 3 is 2.59 bits per heavy atom. The summed E-state index contributed by atoms with van der Waals surface area (Å²) in [5.41, 5.74) is 8.25. The summed E-state index contributed by atoms with van der Waals surface area (Å²) in [6.45, 7) is 7.55. The summed E-state index contributed by atoms with van der Waals surface area (Å²) in [6, 6.07) is 0.474. The fourth-order valence-corrected chi connectivity index (χ4v) is 2.80. The third-order valence-corrected chi connectivity index (χ3v) is 4.03. The Hall–Kier alpha value is -0.870. The van der Waals surface area contributed by atoms with Crippen LogP contribution >= 0.6 is 0 Å². The van der Waals surface area contributed by atoms with Gasteiger partial charge in [-0.3, -0.25) is 9.58 Å². The fraction of sp³-hybridized carbons (Fsp3) is 0.769. The van der Waals surface area contributed by atoms with Crippen molar-refractivity contribution in [1.82, 2.24) is 14.7 Å². The highest BCUT2D eigenvalue weighted by atomic mass is 15.3. The van der Waals surface area contributed by atoms with Gasteiger partial charge < -0.3 is 5.73 Å². The minimum atomic E-state index is 0.474. The van der Waals surface area contributed by atoms with Crippen LogP contribution in [-0.4, -0.2) is 34.3 Å². The molecule has 0 saturated carbocycles. The molecule has 0 aliphatic carbocycles. The third-order valence-electron chi connectivity index (χ3n) is 4.03. The van der Waals surface area contributed by atoms with Gasteiger partial charge in [0.05, 0.1) is 5.69 Å². The SMILES string of the molecule is Cc1nn(C)cc1C(C)N1CCC(CN)CC1. The molecule has 1 fully saturated rings. The van der Waals surface area contributed by atoms with Crippen LogP contribution < -0.4 is 5.73 Å². The highest BCUT2D eigenvalue weighted by molar-refractivity contribution is 5.19. The van der Waals surface area contributed by atoms with Crippen molar-refractivity contribution in [2.75, 3.05) is 19.6 Å². The molecule has 2 N–H and O–H groups in total. The van der Waals surface area contributed by atoms with Crippen LogP contribution in [-0.2, 0) is 7.05 Å². The first-order chi connectivity index (χ1) is 8.11. The first-order valence-corrected chi connectivity index (χ1v) is 6.56. The molecule has 1 aromatic heterocycles. The zero-order valence-electron chi connectivity index (χ0n) is 11.2. The van der Waals surface area contributed by atoms with E-state index in [-0.39, 0.29) is 0 Å². The predicted octanol–water partition coefficient (Wildman–Crippen LogP) is 1.46. The van der Waals surface area contributed by atoms with Crippen LogP contribution in [0.5, 0.6) is 0 Å². The minimum Gasteiger partial charge on any atom is -0.330 e. The van der Waals surface area contributed by atoms with Crippen LogP contribution in [0.2, 0.25) is 0 Å². The Balaban J connectivity index is 2.01. The summed E-state index contributed by atoms with van der Waals surface area (Å²) in [5.74, 6) is 0.730. The minimum absolute atomic E-state index is 0.474. The first-order valence-electron chi connectivity index (χ1n) is 6.56. The predicted molar refractivity (Wildman–Crippen MR) is 69.7 cm³/mol. The van der Waals surface area contributed by atoms with E-state index in [0.717, 1.165) is 31.2 Å². The highest BCUT2D eigenvalue weighted by Crippen LogP contribution is 2.27. The Morgan fingerprint density at radius 1 is 1.47 bits per heavy atom. The van der Waals surface area contributed by atoms with E-state index in [1.807, 2.05) is 11.7 Å². The standard InChI is InChI=1S/C13H24N4/c1-10-13(9-16(3)15-10)11(2)17-6-4-12(8-14)5-7-17/h9,11-12H,4-8,14H2,1-3H3. The van der Waals surface area contributed by atoms with Gasteiger partial charge in [0.2, 0.25) is 0 Å². The Morgan fingerprint density at radius 2 is 2.12 bits per heavy atom. The van der Waals surface area contributed by atoms with Gasteiger partial charge in [0.25, 0.3) is 0 Å². The molecule has 0 aromatic carbocycles. The summed E-state index contributed by atoms with van der Waals surface area (Å²) in [7, 11) is 1.99. The van der Waals surface area contributed by atoms with Crippen LogP contribution in [0.3, 0.4) is 0 Å². The van der Waals surface area contributed by atoms with E-state index in [1.165, 1.54) is 18.4 Å². The summed E-state index contributed by atoms with van der Waals surface area (Å²) >= 11 is 0. The molecule has 1 aliphatic rings. The van der Waals surface area contributed by atoms with Gasteiger partial charge in [-0.15, -0.1) is 0 Å². The number of likely N-dealkylation sites (tertiary alicyclic amines) is 1. The van der Waals surface area contributed by atoms with E-state index in [4.69, 9.17) is 5.73 Å². The average Bonchev–Trinajstić information content (AvgIpc) is 2.68. The van der Waals surface area contributed by atoms with Gasteiger partial charge in [-0.1, -0.05) is 0 Å². The summed E-state index contributed by atoms with van der Waals surface area (Å²) in [4.78, 5) is 2.55. The van der Waals surface area contributed by atoms with Crippen LogP contribution in [0.4, 0.5) is 0 Å². The van der Waals surface area contributed by atoms with Crippen molar-refractivity contribution in [2.24, 2.45) is 18.7 Å². The zero-order chi connectivity index (χ0) is 12.4. The lowest BCUT2D eigenvalue weighted by Crippen LogP contribution is -2.37. The summed E-state index contributed by atoms with van der Waals surface area (Å²) < 4.78 is 1.91. The summed E-state index contributed by atoms with van der Waals surface area (Å²) in [6.07, 6.45) is 4.62. The van der Waals surface area contributed by atoms with Gasteiger partial charge in [-0.2, -0.15) is 5.10 Å². The van der Waals surface area contributed by atoms with Crippen molar-refractivity contribution in [3.8, 4) is 0 Å². The Bertz CT molecular complexity index is 363. The van der Waals surface area contributed by atoms with Crippen LogP contribution in [0.25, 0.3) is 0 Å². The van der Waals surface area contributed by atoms with E-state index in [9.17, 15) is 0 Å². The highest BCUT2D eigenvalue weighted by Gasteiger charge is 2.24. The molecule has 1 saturated heterocycles. The molecule has 96 valence electrons. The second-order valence-corrected chi connectivity index (χ2v) is 5.23. The molecule has 0 radical (unpaired) electrons. The second-order valence-electron chi connectivity index (χ2n) is 5.23. The zero-order valence-corrected chi connectivity index (χ0v) is 11.2. The van der Waals surface area contributed by atoms with Crippen molar-refractivity contribution < 1.29 is 0 Å². The molecular formula is C13H24N4. The smallest absolute Gasteiger partial charge is 0.0641 e. The number of piperidine rings is 1. The monoisotopic (exact) mass is 236 g/mol. The maximum absolute atomic E-state index is 5.73. The van der Waals surface area contributed by atoms with Crippen LogP contribution in [0.1, 0.15) is 37.1 Å². The molecule has 1 atom stereocenters. The molecule has 4 heteroatoms. The largest absolute Gasteiger partial charge is 0.330 e. The van der Waals surface area contributed by atoms with Crippen LogP contribution in [0, 0.1) is 12.8 Å². The number of hydrogen-bond acceptors (Lipinski definition) is 3. The maximum Gasteiger partial charge on any atom is 0.0641 e. The second kappa shape index (κ2) is 5.19. The topological polar surface area (TPSA) is 47.1 Å². The summed E-state index contributed by atoms with van der Waals surface area (Å²) in [5, 5.41) is 4.43. The molecule has 1 unspecified atom stereocenters. The van der Waals surface area contributed by atoms with Crippen molar-refractivity contribution in [3.05, 3.63) is 17.5 Å². The van der Waals surface area contributed by atoms with E-state index in [1.54, 1.807) is 0 Å². The van der Waals surface area contributed by atoms with Crippen molar-refractivity contribution in [1.29, 1.82) is 0 Å². The fourth-order valence-electron chi connectivity index (χ4n) is 2.80. The molecule has 2 rings (SSSR count). The van der Waals surface area contributed by atoms with Gasteiger partial charge >= 0.3 is 0 Å². The van der Waals surface area contributed by atoms with Gasteiger partial charge in [0, 0.05) is 24.8 Å². The van der Waals surface area contributed by atoms with Crippen molar-refractivity contribution in [2.45, 2.75) is 32.7 Å². The molecule has 0 spiro atoms. The van der Waals surface area contributed by atoms with Crippen molar-refractivity contribution >= 4 is 0 Å². The lowest BCUT2D eigenvalue weighted by Gasteiger charge is -2.35. The van der Waals surface area contributed by atoms with Gasteiger partial charge in [-0.05, 0) is 52.2 Å². The molecule has 1 aliphatic heterocycles. The lowest BCUT2D eigenvalue weighted by atomic mass is 9.95. The van der Waals surface area contributed by atoms with E-state index < -0.39 is 0 Å². The van der Waals surface area contributed by atoms with Crippen LogP contribution in [0.15, 0.2) is 6.20 Å². The quantitative estimate of drug-likeness (QED) is 0.864. The molecule has 2 heterocycles. The van der Waals surface area contributed by atoms with E-state index >= 15 is 0 Å². The molecule has 4 nitrogen and oxygen atoms in total. The Kier molecular flexibility index (Phi) is 3.84. The van der Waals surface area contributed by atoms with Gasteiger partial charge in [0.15, 0.2) is 0 Å². The van der Waals surface area contributed by atoms with Crippen molar-refractivity contribution in [3.63, 3.8) is 0 Å². The molecule has 0 bridgehead atoms. The average molecular weight is 236 g/mol. The normalized spacial score (nSPS) is 20.7. The Labute approximate surface area is 104 Å². The number of aryl methyl sites for hydroxylation is 2. The first kappa shape index (κ1) is 12.6. The molecule has 17 heavy (non-hydrogen) atoms. The van der Waals surface area contributed by atoms with E-state index in [2.05, 4.69) is 30.0 Å². The third kappa shape index (κ3) is 2.69. The molecule has 1 aromatic rings. The number of nitrogens with two attached hydrogens (primary N) is 1. The number of rotatable bonds is 3. The van der Waals surface area contributed by atoms with Gasteiger partial charge in [0.1, 0.15) is 0 Å². The molecular weight excluding hydrogens is 212 g/mol. The number of hydrogen-bond donors (Lipinski definition) is 1.